The van der Waals surface area contributed by atoms with E-state index in [-0.39, 0.29) is 18.9 Å². The average Bonchev–Trinajstić information content (AvgIpc) is 2.32. The molecule has 12 heavy (non-hydrogen) atoms. The summed E-state index contributed by atoms with van der Waals surface area (Å²) in [6.07, 6.45) is 0. The van der Waals surface area contributed by atoms with Crippen molar-refractivity contribution in [1.82, 2.24) is 0 Å². The van der Waals surface area contributed by atoms with E-state index in [0.717, 1.165) is 6.54 Å². The number of thiophene rings is 1. The van der Waals surface area contributed by atoms with Crippen molar-refractivity contribution in [2.24, 2.45) is 0 Å². The maximum absolute atomic E-state index is 4.65. The van der Waals surface area contributed by atoms with Crippen molar-refractivity contribution in [2.75, 3.05) is 0 Å². The molecule has 0 unspecified atom stereocenters. The van der Waals surface area contributed by atoms with E-state index in [9.17, 15) is 0 Å². The van der Waals surface area contributed by atoms with Gasteiger partial charge < -0.3 is 4.98 Å². The average molecular weight is 191 g/mol. The zero-order valence-corrected chi connectivity index (χ0v) is 10.1. The van der Waals surface area contributed by atoms with E-state index in [1.54, 1.807) is 11.3 Å². The third kappa shape index (κ3) is 5.18. The Hall–Kier alpha value is 0.474. The van der Waals surface area contributed by atoms with Gasteiger partial charge in [0.2, 0.25) is 0 Å². The molecule has 0 radical (unpaired) electrons. The molecule has 62 valence electrons. The van der Waals surface area contributed by atoms with Crippen molar-refractivity contribution in [2.45, 2.75) is 26.2 Å². The second kappa shape index (κ2) is 5.26. The fraction of sp³-hybridized carbons (Fsp3) is 0.500. The molecule has 0 atom stereocenters. The summed E-state index contributed by atoms with van der Waals surface area (Å²) in [6.45, 7) is 7.72. The van der Waals surface area contributed by atoms with Gasteiger partial charge in [0.25, 0.3) is 0 Å². The summed E-state index contributed by atoms with van der Waals surface area (Å²) < 4.78 is 0. The minimum absolute atomic E-state index is 0. The van der Waals surface area contributed by atoms with Crippen molar-refractivity contribution in [3.8, 4) is 0 Å². The summed E-state index contributed by atoms with van der Waals surface area (Å²) >= 11 is 1.79. The van der Waals surface area contributed by atoms with Crippen molar-refractivity contribution >= 4 is 19.6 Å². The summed E-state index contributed by atoms with van der Waals surface area (Å²) in [6, 6.07) is 4.23. The molecule has 0 fully saturated rings. The van der Waals surface area contributed by atoms with Crippen molar-refractivity contribution in [3.05, 3.63) is 27.4 Å². The number of hydrogen-bond acceptors (Lipinski definition) is 1. The van der Waals surface area contributed by atoms with Crippen LogP contribution < -0.4 is 18.9 Å². The first-order chi connectivity index (χ1) is 5.08. The molecule has 1 rings (SSSR count). The smallest absolute Gasteiger partial charge is 0.660 e. The van der Waals surface area contributed by atoms with Crippen LogP contribution >= 0.6 is 11.3 Å². The molecular weight excluding hydrogens is 177 g/mol. The summed E-state index contributed by atoms with van der Waals surface area (Å²) in [5.74, 6) is 0. The Morgan fingerprint density at radius 3 is 2.50 bits per heavy atom. The van der Waals surface area contributed by atoms with Gasteiger partial charge in [-0.15, -0.1) is 6.54 Å². The second-order valence-electron chi connectivity index (χ2n) is 3.57. The molecule has 1 nitrogen and oxygen atoms in total. The first-order valence-electron chi connectivity index (χ1n) is 3.79. The third-order valence-electron chi connectivity index (χ3n) is 1.29. The Balaban J connectivity index is 0.00000121. The number of nitrogens with zero attached hydrogens (tertiary/aromatic N) is 1. The van der Waals surface area contributed by atoms with Crippen molar-refractivity contribution < 1.29 is 18.9 Å². The SMILES string of the molecule is C[Si](C)(C)[N-]Cc1cccs1.[Li+]. The second-order valence-corrected chi connectivity index (χ2v) is 9.26. The molecule has 0 bridgehead atoms. The van der Waals surface area contributed by atoms with Crippen LogP contribution in [0.25, 0.3) is 4.98 Å². The molecule has 1 aromatic rings. The molecule has 0 spiro atoms. The van der Waals surface area contributed by atoms with E-state index in [0.29, 0.717) is 0 Å². The van der Waals surface area contributed by atoms with Gasteiger partial charge in [-0.05, 0) is 10.3 Å². The maximum atomic E-state index is 4.65. The van der Waals surface area contributed by atoms with Crippen LogP contribution in [0, 0.1) is 0 Å². The molecule has 0 saturated heterocycles. The Bertz CT molecular complexity index is 205. The Labute approximate surface area is 91.8 Å². The largest absolute Gasteiger partial charge is 1.00 e. The maximum Gasteiger partial charge on any atom is 1.00 e. The van der Waals surface area contributed by atoms with Crippen molar-refractivity contribution in [1.29, 1.82) is 0 Å². The van der Waals surface area contributed by atoms with Gasteiger partial charge >= 0.3 is 18.9 Å². The van der Waals surface area contributed by atoms with E-state index in [1.807, 2.05) is 0 Å². The molecule has 0 aliphatic carbocycles. The molecule has 0 aliphatic heterocycles. The van der Waals surface area contributed by atoms with E-state index < -0.39 is 8.24 Å². The third-order valence-corrected chi connectivity index (χ3v) is 3.26. The van der Waals surface area contributed by atoms with E-state index in [1.165, 1.54) is 4.88 Å². The number of hydrogen-bond donors (Lipinski definition) is 0. The van der Waals surface area contributed by atoms with Gasteiger partial charge in [0.05, 0.1) is 0 Å². The summed E-state index contributed by atoms with van der Waals surface area (Å²) in [5, 5.41) is 2.11. The summed E-state index contributed by atoms with van der Waals surface area (Å²) in [5.41, 5.74) is 0. The first kappa shape index (κ1) is 12.5. The van der Waals surface area contributed by atoms with Gasteiger partial charge in [0.1, 0.15) is 0 Å². The molecular formula is C8H14LiNSSi. The van der Waals surface area contributed by atoms with Gasteiger partial charge in [-0.3, -0.25) is 0 Å². The van der Waals surface area contributed by atoms with Crippen LogP contribution in [0.2, 0.25) is 19.6 Å². The predicted molar refractivity (Wildman–Crippen MR) is 54.7 cm³/mol. The molecule has 0 saturated carbocycles. The summed E-state index contributed by atoms with van der Waals surface area (Å²) in [7, 11) is -1.18. The Morgan fingerprint density at radius 2 is 2.08 bits per heavy atom. The van der Waals surface area contributed by atoms with Crippen LogP contribution in [0.4, 0.5) is 0 Å². The number of rotatable bonds is 3. The van der Waals surface area contributed by atoms with Gasteiger partial charge in [-0.2, -0.15) is 11.3 Å². The molecule has 0 N–H and O–H groups in total. The van der Waals surface area contributed by atoms with Gasteiger partial charge in [-0.1, -0.05) is 40.0 Å². The van der Waals surface area contributed by atoms with E-state index in [4.69, 9.17) is 0 Å². The Kier molecular flexibility index (Phi) is 5.46. The zero-order valence-electron chi connectivity index (χ0n) is 8.29. The van der Waals surface area contributed by atoms with Crippen LogP contribution in [0.5, 0.6) is 0 Å². The topological polar surface area (TPSA) is 14.1 Å². The van der Waals surface area contributed by atoms with Crippen LogP contribution in [-0.2, 0) is 6.54 Å². The molecule has 0 aliphatic rings. The molecule has 4 heteroatoms. The molecule has 0 aromatic carbocycles. The quantitative estimate of drug-likeness (QED) is 0.616. The fourth-order valence-corrected chi connectivity index (χ4v) is 2.11. The molecule has 1 heterocycles. The van der Waals surface area contributed by atoms with Crippen molar-refractivity contribution in [3.63, 3.8) is 0 Å². The van der Waals surface area contributed by atoms with Crippen LogP contribution in [0.1, 0.15) is 4.88 Å². The zero-order chi connectivity index (χ0) is 8.32. The normalized spacial score (nSPS) is 10.9. The van der Waals surface area contributed by atoms with E-state index >= 15 is 0 Å². The summed E-state index contributed by atoms with van der Waals surface area (Å²) in [4.78, 5) is 6.03. The minimum Gasteiger partial charge on any atom is -0.660 e. The van der Waals surface area contributed by atoms with Gasteiger partial charge in [0.15, 0.2) is 0 Å². The van der Waals surface area contributed by atoms with Crippen LogP contribution in [0.15, 0.2) is 17.5 Å². The standard InChI is InChI=1S/C8H14NSSi.Li/c1-11(2,3)9-7-8-5-4-6-10-8;/h4-6H,7H2,1-3H3;/q-1;+1. The van der Waals surface area contributed by atoms with Gasteiger partial charge in [-0.25, -0.2) is 0 Å². The van der Waals surface area contributed by atoms with E-state index in [2.05, 4.69) is 42.1 Å². The molecule has 1 aromatic heterocycles. The monoisotopic (exact) mass is 191 g/mol. The Morgan fingerprint density at radius 1 is 1.42 bits per heavy atom. The first-order valence-corrected chi connectivity index (χ1v) is 8.12. The van der Waals surface area contributed by atoms with Crippen LogP contribution in [0.3, 0.4) is 0 Å². The minimum atomic E-state index is -1.18. The fourth-order valence-electron chi connectivity index (χ4n) is 0.718. The van der Waals surface area contributed by atoms with Gasteiger partial charge in [0, 0.05) is 0 Å². The molecule has 0 amide bonds. The van der Waals surface area contributed by atoms with Crippen LogP contribution in [-0.4, -0.2) is 8.24 Å². The predicted octanol–water partition coefficient (Wildman–Crippen LogP) is 0.461.